The average Bonchev–Trinajstić information content (AvgIpc) is 2.89. The molecular formula is C16H22N2O2. The molecule has 1 aromatic carbocycles. The fourth-order valence-corrected chi connectivity index (χ4v) is 2.79. The number of hydrogen-bond acceptors (Lipinski definition) is 2. The lowest BCUT2D eigenvalue weighted by Gasteiger charge is -2.27. The van der Waals surface area contributed by atoms with E-state index in [2.05, 4.69) is 5.32 Å². The molecule has 1 N–H and O–H groups in total. The summed E-state index contributed by atoms with van der Waals surface area (Å²) >= 11 is 0. The van der Waals surface area contributed by atoms with E-state index in [0.717, 1.165) is 36.9 Å². The van der Waals surface area contributed by atoms with Gasteiger partial charge in [-0.1, -0.05) is 25.0 Å². The highest BCUT2D eigenvalue weighted by Crippen LogP contribution is 2.23. The quantitative estimate of drug-likeness (QED) is 0.917. The zero-order chi connectivity index (χ0) is 14.5. The number of amides is 2. The van der Waals surface area contributed by atoms with Crippen molar-refractivity contribution in [2.45, 2.75) is 45.6 Å². The van der Waals surface area contributed by atoms with Crippen LogP contribution in [0.25, 0.3) is 0 Å². The summed E-state index contributed by atoms with van der Waals surface area (Å²) in [7, 11) is 0. The standard InChI is InChI=1S/C16H22N2O2/c1-12-6-5-7-14(10-12)17-16(20)11-18(13(2)19)15-8-3-4-9-15/h5-7,10,15H,3-4,8-9,11H2,1-2H3,(H,17,20). The van der Waals surface area contributed by atoms with Crippen LogP contribution >= 0.6 is 0 Å². The Morgan fingerprint density at radius 1 is 1.30 bits per heavy atom. The lowest BCUT2D eigenvalue weighted by Crippen LogP contribution is -2.42. The van der Waals surface area contributed by atoms with Crippen molar-refractivity contribution in [1.82, 2.24) is 4.90 Å². The summed E-state index contributed by atoms with van der Waals surface area (Å²) in [6.45, 7) is 3.67. The van der Waals surface area contributed by atoms with Gasteiger partial charge in [0.25, 0.3) is 0 Å². The Labute approximate surface area is 120 Å². The molecule has 0 saturated heterocycles. The minimum absolute atomic E-state index is 0.0173. The van der Waals surface area contributed by atoms with Gasteiger partial charge in [-0.15, -0.1) is 0 Å². The second-order valence-corrected chi connectivity index (χ2v) is 5.50. The Balaban J connectivity index is 1.96. The second-order valence-electron chi connectivity index (χ2n) is 5.50. The molecule has 0 unspecified atom stereocenters. The van der Waals surface area contributed by atoms with Crippen LogP contribution in [0.15, 0.2) is 24.3 Å². The summed E-state index contributed by atoms with van der Waals surface area (Å²) in [5.41, 5.74) is 1.88. The van der Waals surface area contributed by atoms with Crippen molar-refractivity contribution >= 4 is 17.5 Å². The Morgan fingerprint density at radius 2 is 2.00 bits per heavy atom. The van der Waals surface area contributed by atoms with Gasteiger partial charge in [0.1, 0.15) is 6.54 Å². The number of carbonyl (C=O) groups is 2. The van der Waals surface area contributed by atoms with Crippen molar-refractivity contribution < 1.29 is 9.59 Å². The lowest BCUT2D eigenvalue weighted by atomic mass is 10.2. The molecule has 1 fully saturated rings. The van der Waals surface area contributed by atoms with Crippen LogP contribution in [0.2, 0.25) is 0 Å². The predicted octanol–water partition coefficient (Wildman–Crippen LogP) is 2.72. The van der Waals surface area contributed by atoms with Gasteiger partial charge in [-0.3, -0.25) is 9.59 Å². The summed E-state index contributed by atoms with van der Waals surface area (Å²) in [6.07, 6.45) is 4.32. The molecular weight excluding hydrogens is 252 g/mol. The monoisotopic (exact) mass is 274 g/mol. The van der Waals surface area contributed by atoms with Crippen molar-refractivity contribution in [3.63, 3.8) is 0 Å². The van der Waals surface area contributed by atoms with Crippen LogP contribution in [0.1, 0.15) is 38.2 Å². The first kappa shape index (κ1) is 14.6. The molecule has 0 radical (unpaired) electrons. The first-order chi connectivity index (χ1) is 9.56. The molecule has 1 aliphatic rings. The van der Waals surface area contributed by atoms with Crippen molar-refractivity contribution in [3.8, 4) is 0 Å². The first-order valence-corrected chi connectivity index (χ1v) is 7.20. The molecule has 1 saturated carbocycles. The van der Waals surface area contributed by atoms with Crippen LogP contribution < -0.4 is 5.32 Å². The highest BCUT2D eigenvalue weighted by molar-refractivity contribution is 5.94. The number of hydrogen-bond donors (Lipinski definition) is 1. The average molecular weight is 274 g/mol. The normalized spacial score (nSPS) is 15.1. The summed E-state index contributed by atoms with van der Waals surface area (Å²) in [6, 6.07) is 7.90. The van der Waals surface area contributed by atoms with Gasteiger partial charge in [-0.25, -0.2) is 0 Å². The van der Waals surface area contributed by atoms with Crippen LogP contribution in [0.4, 0.5) is 5.69 Å². The first-order valence-electron chi connectivity index (χ1n) is 7.20. The molecule has 2 amide bonds. The fraction of sp³-hybridized carbons (Fsp3) is 0.500. The molecule has 0 aromatic heterocycles. The summed E-state index contributed by atoms with van der Waals surface area (Å²) in [5.74, 6) is -0.144. The molecule has 0 bridgehead atoms. The third-order valence-corrected chi connectivity index (χ3v) is 3.79. The van der Waals surface area contributed by atoms with Crippen LogP contribution in [-0.2, 0) is 9.59 Å². The maximum absolute atomic E-state index is 12.1. The van der Waals surface area contributed by atoms with E-state index in [-0.39, 0.29) is 24.4 Å². The van der Waals surface area contributed by atoms with E-state index in [0.29, 0.717) is 0 Å². The number of benzene rings is 1. The summed E-state index contributed by atoms with van der Waals surface area (Å²) < 4.78 is 0. The van der Waals surface area contributed by atoms with E-state index in [1.807, 2.05) is 31.2 Å². The van der Waals surface area contributed by atoms with Gasteiger partial charge in [0.2, 0.25) is 11.8 Å². The van der Waals surface area contributed by atoms with Gasteiger partial charge in [0.05, 0.1) is 0 Å². The minimum Gasteiger partial charge on any atom is -0.331 e. The van der Waals surface area contributed by atoms with E-state index >= 15 is 0 Å². The molecule has 1 aromatic rings. The molecule has 0 spiro atoms. The Hall–Kier alpha value is -1.84. The van der Waals surface area contributed by atoms with Gasteiger partial charge < -0.3 is 10.2 Å². The second kappa shape index (κ2) is 6.55. The zero-order valence-corrected chi connectivity index (χ0v) is 12.2. The fourth-order valence-electron chi connectivity index (χ4n) is 2.79. The van der Waals surface area contributed by atoms with E-state index in [9.17, 15) is 9.59 Å². The Kier molecular flexibility index (Phi) is 4.77. The number of anilines is 1. The third kappa shape index (κ3) is 3.83. The number of nitrogens with one attached hydrogen (secondary N) is 1. The van der Waals surface area contributed by atoms with Crippen LogP contribution in [-0.4, -0.2) is 29.3 Å². The third-order valence-electron chi connectivity index (χ3n) is 3.79. The number of aryl methyl sites for hydroxylation is 1. The maximum Gasteiger partial charge on any atom is 0.244 e. The smallest absolute Gasteiger partial charge is 0.244 e. The molecule has 20 heavy (non-hydrogen) atoms. The number of carbonyl (C=O) groups excluding carboxylic acids is 2. The van der Waals surface area contributed by atoms with Crippen LogP contribution in [0, 0.1) is 6.92 Å². The van der Waals surface area contributed by atoms with E-state index < -0.39 is 0 Å². The zero-order valence-electron chi connectivity index (χ0n) is 12.2. The van der Waals surface area contributed by atoms with E-state index in [1.54, 1.807) is 4.90 Å². The van der Waals surface area contributed by atoms with Gasteiger partial charge in [-0.05, 0) is 37.5 Å². The topological polar surface area (TPSA) is 49.4 Å². The Morgan fingerprint density at radius 3 is 2.60 bits per heavy atom. The molecule has 108 valence electrons. The number of rotatable bonds is 4. The van der Waals surface area contributed by atoms with E-state index in [1.165, 1.54) is 6.92 Å². The molecule has 0 atom stereocenters. The number of nitrogens with zero attached hydrogens (tertiary/aromatic N) is 1. The lowest BCUT2D eigenvalue weighted by molar-refractivity contribution is -0.135. The van der Waals surface area contributed by atoms with Gasteiger partial charge >= 0.3 is 0 Å². The maximum atomic E-state index is 12.1. The van der Waals surface area contributed by atoms with Gasteiger partial charge in [0, 0.05) is 18.7 Å². The van der Waals surface area contributed by atoms with Gasteiger partial charge in [-0.2, -0.15) is 0 Å². The molecule has 2 rings (SSSR count). The highest BCUT2D eigenvalue weighted by atomic mass is 16.2. The highest BCUT2D eigenvalue weighted by Gasteiger charge is 2.26. The SMILES string of the molecule is CC(=O)N(CC(=O)Nc1cccc(C)c1)C1CCCC1. The summed E-state index contributed by atoms with van der Waals surface area (Å²) in [4.78, 5) is 25.5. The molecule has 4 heteroatoms. The largest absolute Gasteiger partial charge is 0.331 e. The molecule has 0 heterocycles. The molecule has 0 aliphatic heterocycles. The summed E-state index contributed by atoms with van der Waals surface area (Å²) in [5, 5.41) is 2.86. The van der Waals surface area contributed by atoms with Crippen molar-refractivity contribution in [2.75, 3.05) is 11.9 Å². The molecule has 1 aliphatic carbocycles. The van der Waals surface area contributed by atoms with Crippen LogP contribution in [0.3, 0.4) is 0 Å². The van der Waals surface area contributed by atoms with Crippen molar-refractivity contribution in [1.29, 1.82) is 0 Å². The Bertz CT molecular complexity index is 493. The predicted molar refractivity (Wildman–Crippen MR) is 79.5 cm³/mol. The minimum atomic E-state index is -0.127. The van der Waals surface area contributed by atoms with Crippen molar-refractivity contribution in [3.05, 3.63) is 29.8 Å². The van der Waals surface area contributed by atoms with Gasteiger partial charge in [0.15, 0.2) is 0 Å². The van der Waals surface area contributed by atoms with Crippen LogP contribution in [0.5, 0.6) is 0 Å². The van der Waals surface area contributed by atoms with Crippen molar-refractivity contribution in [2.24, 2.45) is 0 Å². The molecule has 4 nitrogen and oxygen atoms in total. The van der Waals surface area contributed by atoms with E-state index in [4.69, 9.17) is 0 Å².